The smallest absolute Gasteiger partial charge is 0.407 e. The molecule has 0 aromatic heterocycles. The molecule has 1 saturated carbocycles. The van der Waals surface area contributed by atoms with Crippen molar-refractivity contribution in [3.63, 3.8) is 0 Å². The number of aliphatic hydroxyl groups is 1. The fraction of sp³-hybridized carbons (Fsp3) is 0.889. The highest BCUT2D eigenvalue weighted by Crippen LogP contribution is 2.37. The van der Waals surface area contributed by atoms with E-state index >= 15 is 0 Å². The van der Waals surface area contributed by atoms with E-state index in [4.69, 9.17) is 15.2 Å². The summed E-state index contributed by atoms with van der Waals surface area (Å²) in [6.45, 7) is 9.43. The van der Waals surface area contributed by atoms with E-state index in [-0.39, 0.29) is 18.4 Å². The Bertz CT molecular complexity index is 459. The van der Waals surface area contributed by atoms with Gasteiger partial charge in [-0.1, -0.05) is 26.7 Å². The quantitative estimate of drug-likeness (QED) is 0.625. The lowest BCUT2D eigenvalue weighted by Crippen LogP contribution is -2.51. The number of ether oxygens (including phenoxy) is 2. The lowest BCUT2D eigenvalue weighted by molar-refractivity contribution is -0.149. The number of rotatable bonds is 6. The maximum absolute atomic E-state index is 12.2. The summed E-state index contributed by atoms with van der Waals surface area (Å²) in [6, 6.07) is -0.774. The second-order valence-electron chi connectivity index (χ2n) is 7.84. The third-order valence-electron chi connectivity index (χ3n) is 5.02. The van der Waals surface area contributed by atoms with Gasteiger partial charge < -0.3 is 25.6 Å². The van der Waals surface area contributed by atoms with Crippen molar-refractivity contribution >= 4 is 12.1 Å². The first-order valence-electron chi connectivity index (χ1n) is 9.06. The van der Waals surface area contributed by atoms with Crippen LogP contribution in [0.2, 0.25) is 0 Å². The van der Waals surface area contributed by atoms with Crippen LogP contribution < -0.4 is 11.1 Å². The lowest BCUT2D eigenvalue weighted by Gasteiger charge is -2.33. The van der Waals surface area contributed by atoms with Crippen molar-refractivity contribution in [3.8, 4) is 0 Å². The molecular weight excluding hydrogens is 324 g/mol. The zero-order valence-corrected chi connectivity index (χ0v) is 16.2. The first kappa shape index (κ1) is 21.7. The van der Waals surface area contributed by atoms with Gasteiger partial charge in [0.05, 0.1) is 19.1 Å². The highest BCUT2D eigenvalue weighted by Gasteiger charge is 2.50. The van der Waals surface area contributed by atoms with Crippen LogP contribution in [0.15, 0.2) is 0 Å². The van der Waals surface area contributed by atoms with Gasteiger partial charge in [-0.15, -0.1) is 0 Å². The minimum absolute atomic E-state index is 0.194. The molecule has 1 rings (SSSR count). The maximum atomic E-state index is 12.2. The second-order valence-corrected chi connectivity index (χ2v) is 7.84. The van der Waals surface area contributed by atoms with Gasteiger partial charge in [0, 0.05) is 18.0 Å². The monoisotopic (exact) mass is 358 g/mol. The van der Waals surface area contributed by atoms with Crippen molar-refractivity contribution in [3.05, 3.63) is 0 Å². The van der Waals surface area contributed by atoms with Gasteiger partial charge in [-0.25, -0.2) is 4.79 Å². The molecule has 4 N–H and O–H groups in total. The third-order valence-corrected chi connectivity index (χ3v) is 5.02. The number of nitrogens with one attached hydrogen (secondary N) is 1. The Morgan fingerprint density at radius 2 is 1.84 bits per heavy atom. The molecule has 25 heavy (non-hydrogen) atoms. The Morgan fingerprint density at radius 1 is 1.28 bits per heavy atom. The Labute approximate surface area is 150 Å². The van der Waals surface area contributed by atoms with Crippen molar-refractivity contribution < 1.29 is 24.2 Å². The molecule has 0 aromatic carbocycles. The van der Waals surface area contributed by atoms with Gasteiger partial charge in [-0.3, -0.25) is 4.79 Å². The molecule has 0 radical (unpaired) electrons. The largest absolute Gasteiger partial charge is 0.469 e. The highest BCUT2D eigenvalue weighted by atomic mass is 16.6. The van der Waals surface area contributed by atoms with Crippen LogP contribution in [0.5, 0.6) is 0 Å². The fourth-order valence-electron chi connectivity index (χ4n) is 3.72. The Morgan fingerprint density at radius 3 is 2.28 bits per heavy atom. The number of hydrogen-bond donors (Lipinski definition) is 3. The average Bonchev–Trinajstić information content (AvgIpc) is 2.81. The second kappa shape index (κ2) is 8.85. The number of alkyl carbamates (subject to hydrolysis) is 1. The molecule has 0 bridgehead atoms. The number of esters is 1. The van der Waals surface area contributed by atoms with Crippen molar-refractivity contribution in [1.29, 1.82) is 0 Å². The Kier molecular flexibility index (Phi) is 7.68. The maximum Gasteiger partial charge on any atom is 0.407 e. The predicted octanol–water partition coefficient (Wildman–Crippen LogP) is 1.81. The molecule has 0 aromatic rings. The molecule has 0 spiro atoms. The number of aliphatic hydroxyl groups excluding tert-OH is 1. The standard InChI is InChI=1S/C18H34N2O5/c1-7-10(8-2)14(19)13-12(20-17(23)25-18(3,4)5)9-11(15(13)21)16(22)24-6/h10-15,21H,7-9,19H2,1-6H3,(H,20,23)/t11-,12+,13-,14+,15-/m0/s1. The van der Waals surface area contributed by atoms with Crippen LogP contribution in [0.4, 0.5) is 4.79 Å². The zero-order chi connectivity index (χ0) is 19.4. The fourth-order valence-corrected chi connectivity index (χ4v) is 3.72. The van der Waals surface area contributed by atoms with E-state index in [9.17, 15) is 14.7 Å². The van der Waals surface area contributed by atoms with Gasteiger partial charge in [-0.2, -0.15) is 0 Å². The van der Waals surface area contributed by atoms with E-state index in [0.717, 1.165) is 12.8 Å². The summed E-state index contributed by atoms with van der Waals surface area (Å²) in [4.78, 5) is 24.2. The summed E-state index contributed by atoms with van der Waals surface area (Å²) in [6.07, 6.45) is 0.484. The average molecular weight is 358 g/mol. The molecule has 1 aliphatic carbocycles. The molecule has 1 aliphatic rings. The van der Waals surface area contributed by atoms with E-state index in [1.54, 1.807) is 20.8 Å². The highest BCUT2D eigenvalue weighted by molar-refractivity contribution is 5.74. The number of carbonyl (C=O) groups excluding carboxylic acids is 2. The van der Waals surface area contributed by atoms with Gasteiger partial charge in [0.15, 0.2) is 0 Å². The van der Waals surface area contributed by atoms with Crippen LogP contribution >= 0.6 is 0 Å². The number of hydrogen-bond acceptors (Lipinski definition) is 6. The summed E-state index contributed by atoms with van der Waals surface area (Å²) >= 11 is 0. The molecule has 1 amide bonds. The predicted molar refractivity (Wildman–Crippen MR) is 94.8 cm³/mol. The van der Waals surface area contributed by atoms with Gasteiger partial charge in [0.25, 0.3) is 0 Å². The van der Waals surface area contributed by atoms with E-state index in [1.165, 1.54) is 7.11 Å². The SMILES string of the molecule is CCC(CC)[C@@H](N)[C@H]1[C@@H](O)[C@@H](C(=O)OC)C[C@H]1NC(=O)OC(C)(C)C. The number of amides is 1. The van der Waals surface area contributed by atoms with Crippen molar-refractivity contribution in [2.75, 3.05) is 7.11 Å². The molecule has 5 atom stereocenters. The summed E-state index contributed by atoms with van der Waals surface area (Å²) in [7, 11) is 1.29. The normalized spacial score (nSPS) is 27.9. The van der Waals surface area contributed by atoms with Crippen LogP contribution in [0.25, 0.3) is 0 Å². The summed E-state index contributed by atoms with van der Waals surface area (Å²) in [5.41, 5.74) is 5.80. The number of nitrogens with two attached hydrogens (primary N) is 1. The molecule has 0 aliphatic heterocycles. The van der Waals surface area contributed by atoms with Gasteiger partial charge in [0.1, 0.15) is 5.60 Å². The van der Waals surface area contributed by atoms with E-state index in [0.29, 0.717) is 0 Å². The minimum atomic E-state index is -0.956. The van der Waals surface area contributed by atoms with Crippen molar-refractivity contribution in [2.24, 2.45) is 23.5 Å². The van der Waals surface area contributed by atoms with Crippen LogP contribution in [-0.2, 0) is 14.3 Å². The summed E-state index contributed by atoms with van der Waals surface area (Å²) < 4.78 is 10.1. The summed E-state index contributed by atoms with van der Waals surface area (Å²) in [5, 5.41) is 13.5. The zero-order valence-electron chi connectivity index (χ0n) is 16.2. The van der Waals surface area contributed by atoms with Crippen LogP contribution in [-0.4, -0.2) is 48.1 Å². The lowest BCUT2D eigenvalue weighted by atomic mass is 9.81. The molecule has 0 saturated heterocycles. The van der Waals surface area contributed by atoms with E-state index in [2.05, 4.69) is 5.32 Å². The molecule has 0 unspecified atom stereocenters. The van der Waals surface area contributed by atoms with Crippen LogP contribution in [0.3, 0.4) is 0 Å². The first-order chi connectivity index (χ1) is 11.6. The van der Waals surface area contributed by atoms with Crippen molar-refractivity contribution in [1.82, 2.24) is 5.32 Å². The van der Waals surface area contributed by atoms with E-state index < -0.39 is 41.6 Å². The third kappa shape index (κ3) is 5.57. The van der Waals surface area contributed by atoms with Crippen molar-refractivity contribution in [2.45, 2.75) is 77.7 Å². The molecule has 146 valence electrons. The Hall–Kier alpha value is -1.34. The van der Waals surface area contributed by atoms with E-state index in [1.807, 2.05) is 13.8 Å². The number of methoxy groups -OCH3 is 1. The molecule has 7 heteroatoms. The van der Waals surface area contributed by atoms with Gasteiger partial charge in [-0.05, 0) is 33.1 Å². The molecular formula is C18H34N2O5. The summed E-state index contributed by atoms with van der Waals surface area (Å²) in [5.74, 6) is -1.42. The van der Waals surface area contributed by atoms with Gasteiger partial charge >= 0.3 is 12.1 Å². The number of carbonyl (C=O) groups is 2. The van der Waals surface area contributed by atoms with Crippen LogP contribution in [0, 0.1) is 17.8 Å². The first-order valence-corrected chi connectivity index (χ1v) is 9.06. The molecule has 0 heterocycles. The van der Waals surface area contributed by atoms with Crippen LogP contribution in [0.1, 0.15) is 53.9 Å². The minimum Gasteiger partial charge on any atom is -0.469 e. The Balaban J connectivity index is 3.00. The molecule has 1 fully saturated rings. The topological polar surface area (TPSA) is 111 Å². The molecule has 7 nitrogen and oxygen atoms in total. The van der Waals surface area contributed by atoms with Gasteiger partial charge in [0.2, 0.25) is 0 Å².